The molecule has 0 amide bonds. The SMILES string of the molecule is COc1ccc(NC(N)=NCC(C)Oc2ccc(F)cc2)cc1Cl. The monoisotopic (exact) mass is 351 g/mol. The van der Waals surface area contributed by atoms with Gasteiger partial charge in [-0.15, -0.1) is 0 Å². The van der Waals surface area contributed by atoms with Crippen LogP contribution in [0.1, 0.15) is 6.92 Å². The molecule has 7 heteroatoms. The zero-order valence-electron chi connectivity index (χ0n) is 13.4. The molecule has 0 aliphatic rings. The van der Waals surface area contributed by atoms with Crippen molar-refractivity contribution in [1.82, 2.24) is 0 Å². The Morgan fingerprint density at radius 3 is 2.62 bits per heavy atom. The Hall–Kier alpha value is -2.47. The fourth-order valence-electron chi connectivity index (χ4n) is 1.94. The largest absolute Gasteiger partial charge is 0.495 e. The van der Waals surface area contributed by atoms with Gasteiger partial charge in [0.05, 0.1) is 18.7 Å². The molecule has 128 valence electrons. The summed E-state index contributed by atoms with van der Waals surface area (Å²) in [4.78, 5) is 4.22. The van der Waals surface area contributed by atoms with Crippen molar-refractivity contribution in [1.29, 1.82) is 0 Å². The van der Waals surface area contributed by atoms with E-state index in [0.29, 0.717) is 28.8 Å². The van der Waals surface area contributed by atoms with Crippen LogP contribution in [-0.4, -0.2) is 25.7 Å². The molecule has 0 aromatic heterocycles. The number of benzene rings is 2. The lowest BCUT2D eigenvalue weighted by molar-refractivity contribution is 0.230. The van der Waals surface area contributed by atoms with Crippen molar-refractivity contribution in [3.8, 4) is 11.5 Å². The smallest absolute Gasteiger partial charge is 0.193 e. The van der Waals surface area contributed by atoms with Gasteiger partial charge in [-0.25, -0.2) is 9.38 Å². The average Bonchev–Trinajstić information content (AvgIpc) is 2.55. The molecule has 24 heavy (non-hydrogen) atoms. The second-order valence-electron chi connectivity index (χ2n) is 5.08. The minimum Gasteiger partial charge on any atom is -0.495 e. The van der Waals surface area contributed by atoms with E-state index in [2.05, 4.69) is 10.3 Å². The van der Waals surface area contributed by atoms with E-state index < -0.39 is 0 Å². The van der Waals surface area contributed by atoms with Gasteiger partial charge in [-0.05, 0) is 49.4 Å². The van der Waals surface area contributed by atoms with Crippen LogP contribution < -0.4 is 20.5 Å². The van der Waals surface area contributed by atoms with Gasteiger partial charge in [-0.2, -0.15) is 0 Å². The number of hydrogen-bond donors (Lipinski definition) is 2. The third-order valence-electron chi connectivity index (χ3n) is 3.09. The highest BCUT2D eigenvalue weighted by atomic mass is 35.5. The van der Waals surface area contributed by atoms with E-state index >= 15 is 0 Å². The van der Waals surface area contributed by atoms with Gasteiger partial charge >= 0.3 is 0 Å². The molecule has 0 heterocycles. The molecular weight excluding hydrogens is 333 g/mol. The van der Waals surface area contributed by atoms with Gasteiger partial charge in [-0.3, -0.25) is 0 Å². The van der Waals surface area contributed by atoms with Crippen molar-refractivity contribution in [2.24, 2.45) is 10.7 Å². The van der Waals surface area contributed by atoms with Crippen LogP contribution in [-0.2, 0) is 0 Å². The Labute approximate surface area is 145 Å². The molecule has 2 rings (SSSR count). The molecule has 0 spiro atoms. The van der Waals surface area contributed by atoms with Gasteiger partial charge in [0.15, 0.2) is 5.96 Å². The van der Waals surface area contributed by atoms with Crippen LogP contribution in [0.2, 0.25) is 5.02 Å². The van der Waals surface area contributed by atoms with E-state index in [0.717, 1.165) is 0 Å². The number of nitrogens with zero attached hydrogens (tertiary/aromatic N) is 1. The van der Waals surface area contributed by atoms with Gasteiger partial charge in [0.1, 0.15) is 23.4 Å². The van der Waals surface area contributed by atoms with Crippen LogP contribution in [0.5, 0.6) is 11.5 Å². The summed E-state index contributed by atoms with van der Waals surface area (Å²) in [7, 11) is 1.55. The van der Waals surface area contributed by atoms with E-state index in [1.807, 2.05) is 6.92 Å². The molecule has 0 radical (unpaired) electrons. The highest BCUT2D eigenvalue weighted by Gasteiger charge is 2.05. The Kier molecular flexibility index (Phi) is 6.26. The summed E-state index contributed by atoms with van der Waals surface area (Å²) in [6.45, 7) is 2.20. The van der Waals surface area contributed by atoms with Gasteiger partial charge in [-0.1, -0.05) is 11.6 Å². The normalized spacial score (nSPS) is 12.6. The quantitative estimate of drug-likeness (QED) is 0.615. The second kappa shape index (κ2) is 8.40. The average molecular weight is 352 g/mol. The van der Waals surface area contributed by atoms with Crippen LogP contribution >= 0.6 is 11.6 Å². The minimum absolute atomic E-state index is 0.213. The lowest BCUT2D eigenvalue weighted by atomic mass is 10.3. The number of nitrogens with two attached hydrogens (primary N) is 1. The summed E-state index contributed by atoms with van der Waals surface area (Å²) in [5, 5.41) is 3.42. The number of rotatable bonds is 6. The maximum Gasteiger partial charge on any atom is 0.193 e. The summed E-state index contributed by atoms with van der Waals surface area (Å²) < 4.78 is 23.6. The van der Waals surface area contributed by atoms with Gasteiger partial charge in [0, 0.05) is 5.69 Å². The minimum atomic E-state index is -0.306. The number of guanidine groups is 1. The fourth-order valence-corrected chi connectivity index (χ4v) is 2.20. The third-order valence-corrected chi connectivity index (χ3v) is 3.39. The topological polar surface area (TPSA) is 68.9 Å². The Morgan fingerprint density at radius 2 is 2.00 bits per heavy atom. The summed E-state index contributed by atoms with van der Waals surface area (Å²) in [5.74, 6) is 1.09. The van der Waals surface area contributed by atoms with Crippen molar-refractivity contribution in [2.45, 2.75) is 13.0 Å². The molecule has 0 aliphatic carbocycles. The number of ether oxygens (including phenoxy) is 2. The van der Waals surface area contributed by atoms with Crippen molar-refractivity contribution in [2.75, 3.05) is 19.0 Å². The first-order chi connectivity index (χ1) is 11.5. The van der Waals surface area contributed by atoms with Crippen molar-refractivity contribution in [3.63, 3.8) is 0 Å². The van der Waals surface area contributed by atoms with Crippen LogP contribution in [0.25, 0.3) is 0 Å². The maximum absolute atomic E-state index is 12.8. The molecule has 1 atom stereocenters. The van der Waals surface area contributed by atoms with Crippen LogP contribution in [0.3, 0.4) is 0 Å². The van der Waals surface area contributed by atoms with E-state index in [1.54, 1.807) is 37.4 Å². The summed E-state index contributed by atoms with van der Waals surface area (Å²) in [6.07, 6.45) is -0.213. The molecule has 2 aromatic rings. The molecule has 0 saturated heterocycles. The first-order valence-electron chi connectivity index (χ1n) is 7.30. The molecule has 5 nitrogen and oxygen atoms in total. The standard InChI is InChI=1S/C17H19ClFN3O2/c1-11(24-14-6-3-12(19)4-7-14)10-21-17(20)22-13-5-8-16(23-2)15(18)9-13/h3-9,11H,10H2,1-2H3,(H3,20,21,22). The number of aliphatic imine (C=N–C) groups is 1. The Morgan fingerprint density at radius 1 is 1.29 bits per heavy atom. The van der Waals surface area contributed by atoms with Crippen molar-refractivity contribution >= 4 is 23.2 Å². The van der Waals surface area contributed by atoms with Crippen LogP contribution in [0, 0.1) is 5.82 Å². The molecular formula is C17H19ClFN3O2. The third kappa shape index (κ3) is 5.31. The Balaban J connectivity index is 1.88. The van der Waals surface area contributed by atoms with E-state index in [9.17, 15) is 4.39 Å². The van der Waals surface area contributed by atoms with Crippen molar-refractivity contribution < 1.29 is 13.9 Å². The summed E-state index contributed by atoms with van der Waals surface area (Å²) in [6, 6.07) is 11.0. The lowest BCUT2D eigenvalue weighted by Crippen LogP contribution is -2.25. The van der Waals surface area contributed by atoms with Crippen LogP contribution in [0.4, 0.5) is 10.1 Å². The zero-order chi connectivity index (χ0) is 17.5. The van der Waals surface area contributed by atoms with E-state index in [-0.39, 0.29) is 17.9 Å². The summed E-state index contributed by atoms with van der Waals surface area (Å²) >= 11 is 6.05. The predicted molar refractivity (Wildman–Crippen MR) is 94.6 cm³/mol. The fraction of sp³-hybridized carbons (Fsp3) is 0.235. The van der Waals surface area contributed by atoms with Gasteiger partial charge < -0.3 is 20.5 Å². The first-order valence-corrected chi connectivity index (χ1v) is 7.68. The Bertz CT molecular complexity index is 707. The predicted octanol–water partition coefficient (Wildman–Crippen LogP) is 3.68. The van der Waals surface area contributed by atoms with Crippen LogP contribution in [0.15, 0.2) is 47.5 Å². The number of hydrogen-bond acceptors (Lipinski definition) is 3. The molecule has 0 saturated carbocycles. The van der Waals surface area contributed by atoms with Crippen molar-refractivity contribution in [3.05, 3.63) is 53.3 Å². The zero-order valence-corrected chi connectivity index (χ0v) is 14.2. The molecule has 0 bridgehead atoms. The number of anilines is 1. The number of methoxy groups -OCH3 is 1. The molecule has 2 aromatic carbocycles. The number of nitrogens with one attached hydrogen (secondary N) is 1. The molecule has 3 N–H and O–H groups in total. The van der Waals surface area contributed by atoms with E-state index in [1.165, 1.54) is 12.1 Å². The highest BCUT2D eigenvalue weighted by Crippen LogP contribution is 2.27. The van der Waals surface area contributed by atoms with E-state index in [4.69, 9.17) is 26.8 Å². The second-order valence-corrected chi connectivity index (χ2v) is 5.49. The molecule has 0 aliphatic heterocycles. The highest BCUT2D eigenvalue weighted by molar-refractivity contribution is 6.32. The van der Waals surface area contributed by atoms with Gasteiger partial charge in [0.25, 0.3) is 0 Å². The summed E-state index contributed by atoms with van der Waals surface area (Å²) in [5.41, 5.74) is 6.55. The van der Waals surface area contributed by atoms with Gasteiger partial charge in [0.2, 0.25) is 0 Å². The first kappa shape index (κ1) is 17.9. The maximum atomic E-state index is 12.8. The number of halogens is 2. The molecule has 0 fully saturated rings. The lowest BCUT2D eigenvalue weighted by Gasteiger charge is -2.13. The molecule has 1 unspecified atom stereocenters.